The summed E-state index contributed by atoms with van der Waals surface area (Å²) >= 11 is 0. The Morgan fingerprint density at radius 2 is 1.94 bits per heavy atom. The molecule has 16 heavy (non-hydrogen) atoms. The molecule has 0 aromatic heterocycles. The predicted octanol–water partition coefficient (Wildman–Crippen LogP) is 3.56. The molecule has 1 unspecified atom stereocenters. The summed E-state index contributed by atoms with van der Waals surface area (Å²) in [6, 6.07) is 0. The first kappa shape index (κ1) is 14.6. The summed E-state index contributed by atoms with van der Waals surface area (Å²) < 4.78 is 2.79. The van der Waals surface area contributed by atoms with Crippen LogP contribution < -0.4 is 0 Å². The van der Waals surface area contributed by atoms with Crippen LogP contribution in [0.5, 0.6) is 0 Å². The van der Waals surface area contributed by atoms with Crippen molar-refractivity contribution in [2.45, 2.75) is 51.4 Å². The molecule has 1 fully saturated rings. The number of allylic oxidation sites excluding steroid dienone is 3. The van der Waals surface area contributed by atoms with Crippen LogP contribution in [0.4, 0.5) is 0 Å². The summed E-state index contributed by atoms with van der Waals surface area (Å²) in [5.74, 6) is 0. The summed E-state index contributed by atoms with van der Waals surface area (Å²) in [4.78, 5) is 0. The maximum atomic E-state index is 2.79. The fraction of sp³-hybridized carbons (Fsp3) is 0.692. The van der Waals surface area contributed by atoms with Crippen molar-refractivity contribution in [2.24, 2.45) is 0 Å². The molecule has 0 aromatic rings. The minimum absolute atomic E-state index is 0. The van der Waals surface area contributed by atoms with Crippen LogP contribution in [0.2, 0.25) is 18.6 Å². The van der Waals surface area contributed by atoms with Gasteiger partial charge in [0.25, 0.3) is 0 Å². The Morgan fingerprint density at radius 3 is 2.50 bits per heavy atom. The summed E-state index contributed by atoms with van der Waals surface area (Å²) in [5.41, 5.74) is 2.79. The van der Waals surface area contributed by atoms with Gasteiger partial charge < -0.3 is 4.57 Å². The Labute approximate surface area is 120 Å². The third-order valence-electron chi connectivity index (χ3n) is 3.90. The Kier molecular flexibility index (Phi) is 4.26. The first-order valence-electron chi connectivity index (χ1n) is 5.98. The molecule has 88 valence electrons. The number of hydrogen-bond acceptors (Lipinski definition) is 1. The van der Waals surface area contributed by atoms with Crippen molar-refractivity contribution in [3.8, 4) is 0 Å². The Balaban J connectivity index is 0.00000128. The van der Waals surface area contributed by atoms with E-state index >= 15 is 0 Å². The molecule has 1 nitrogen and oxygen atoms in total. The van der Waals surface area contributed by atoms with E-state index in [2.05, 4.69) is 56.7 Å². The second-order valence-electron chi connectivity index (χ2n) is 6.33. The molecule has 0 N–H and O–H groups in total. The van der Waals surface area contributed by atoms with E-state index in [1.165, 1.54) is 13.0 Å². The van der Waals surface area contributed by atoms with Gasteiger partial charge in [-0.1, -0.05) is 36.9 Å². The van der Waals surface area contributed by atoms with Crippen molar-refractivity contribution in [1.29, 1.82) is 0 Å². The van der Waals surface area contributed by atoms with E-state index in [1.807, 2.05) is 0 Å². The van der Waals surface area contributed by atoms with Gasteiger partial charge in [0.15, 0.2) is 0 Å². The van der Waals surface area contributed by atoms with Crippen LogP contribution in [0.15, 0.2) is 23.8 Å². The van der Waals surface area contributed by atoms with Gasteiger partial charge in [-0.25, -0.2) is 0 Å². The topological polar surface area (TPSA) is 3.24 Å². The molecule has 3 heteroatoms. The standard InChI is InChI=1S/C13H23NSi.Zr/c1-13(2,3)14-10-9-11-7-6-8-12(11)15(14,4)5;/h6-8,12H,9-10H2,1-5H3;. The van der Waals surface area contributed by atoms with Crippen molar-refractivity contribution in [1.82, 2.24) is 4.57 Å². The zero-order valence-electron chi connectivity index (χ0n) is 11.2. The molecule has 1 aliphatic heterocycles. The molecule has 0 aromatic carbocycles. The first-order chi connectivity index (χ1) is 6.83. The maximum Gasteiger partial charge on any atom is 0.133 e. The van der Waals surface area contributed by atoms with E-state index in [-0.39, 0.29) is 26.2 Å². The second-order valence-corrected chi connectivity index (χ2v) is 10.8. The second kappa shape index (κ2) is 4.66. The van der Waals surface area contributed by atoms with E-state index < -0.39 is 8.24 Å². The maximum absolute atomic E-state index is 2.79. The molecular formula is C13H23NSiZr. The Morgan fingerprint density at radius 1 is 1.31 bits per heavy atom. The van der Waals surface area contributed by atoms with Crippen LogP contribution in [0.25, 0.3) is 0 Å². The monoisotopic (exact) mass is 311 g/mol. The quantitative estimate of drug-likeness (QED) is 0.618. The van der Waals surface area contributed by atoms with Gasteiger partial charge in [-0.15, -0.1) is 0 Å². The van der Waals surface area contributed by atoms with E-state index in [1.54, 1.807) is 5.57 Å². The van der Waals surface area contributed by atoms with Crippen LogP contribution >= 0.6 is 0 Å². The van der Waals surface area contributed by atoms with Crippen molar-refractivity contribution >= 4 is 8.24 Å². The first-order valence-corrected chi connectivity index (χ1v) is 9.01. The zero-order chi connectivity index (χ0) is 11.3. The van der Waals surface area contributed by atoms with Crippen LogP contribution in [0.3, 0.4) is 0 Å². The van der Waals surface area contributed by atoms with Gasteiger partial charge in [0, 0.05) is 37.3 Å². The van der Waals surface area contributed by atoms with Crippen LogP contribution in [0.1, 0.15) is 27.2 Å². The van der Waals surface area contributed by atoms with Crippen LogP contribution in [0, 0.1) is 0 Å². The van der Waals surface area contributed by atoms with Gasteiger partial charge >= 0.3 is 0 Å². The average Bonchev–Trinajstić information content (AvgIpc) is 2.49. The van der Waals surface area contributed by atoms with Crippen LogP contribution in [-0.4, -0.2) is 24.9 Å². The molecule has 1 heterocycles. The molecule has 0 spiro atoms. The van der Waals surface area contributed by atoms with E-state index in [4.69, 9.17) is 0 Å². The number of nitrogens with zero attached hydrogens (tertiary/aromatic N) is 1. The SMILES string of the molecule is CC(C)(C)N1CCC2=CC=CC2[Si]1(C)C.[Zr]. The zero-order valence-corrected chi connectivity index (χ0v) is 14.6. The molecule has 0 bridgehead atoms. The van der Waals surface area contributed by atoms with Gasteiger partial charge in [0.2, 0.25) is 0 Å². The largest absolute Gasteiger partial charge is 0.318 e. The minimum Gasteiger partial charge on any atom is -0.318 e. The molecular weight excluding hydrogens is 289 g/mol. The molecule has 0 saturated carbocycles. The molecule has 1 saturated heterocycles. The fourth-order valence-electron chi connectivity index (χ4n) is 3.34. The van der Waals surface area contributed by atoms with E-state index in [9.17, 15) is 0 Å². The number of fused-ring (bicyclic) bond motifs is 1. The molecule has 1 aliphatic carbocycles. The summed E-state index contributed by atoms with van der Waals surface area (Å²) in [5, 5.41) is 0. The van der Waals surface area contributed by atoms with Crippen LogP contribution in [-0.2, 0) is 26.2 Å². The molecule has 2 aliphatic rings. The minimum atomic E-state index is -1.31. The van der Waals surface area contributed by atoms with E-state index in [0.717, 1.165) is 5.54 Å². The normalized spacial score (nSPS) is 28.3. The van der Waals surface area contributed by atoms with Crippen molar-refractivity contribution in [3.05, 3.63) is 23.8 Å². The van der Waals surface area contributed by atoms with Gasteiger partial charge in [-0.3, -0.25) is 0 Å². The average molecular weight is 313 g/mol. The van der Waals surface area contributed by atoms with Gasteiger partial charge in [-0.05, 0) is 33.7 Å². The van der Waals surface area contributed by atoms with Crippen molar-refractivity contribution < 1.29 is 26.2 Å². The molecule has 2 rings (SSSR count). The van der Waals surface area contributed by atoms with Gasteiger partial charge in [0.1, 0.15) is 8.24 Å². The number of hydrogen-bond donors (Lipinski definition) is 0. The summed E-state index contributed by atoms with van der Waals surface area (Å²) in [7, 11) is -1.31. The smallest absolute Gasteiger partial charge is 0.133 e. The Bertz CT molecular complexity index is 325. The number of rotatable bonds is 0. The molecule has 0 radical (unpaired) electrons. The van der Waals surface area contributed by atoms with Gasteiger partial charge in [-0.2, -0.15) is 0 Å². The predicted molar refractivity (Wildman–Crippen MR) is 69.5 cm³/mol. The molecule has 0 amide bonds. The van der Waals surface area contributed by atoms with Crippen molar-refractivity contribution in [2.75, 3.05) is 6.54 Å². The fourth-order valence-corrected chi connectivity index (χ4v) is 7.83. The summed E-state index contributed by atoms with van der Waals surface area (Å²) in [6.07, 6.45) is 8.31. The third-order valence-corrected chi connectivity index (χ3v) is 8.28. The third kappa shape index (κ3) is 2.37. The Hall–Kier alpha value is 0.540. The molecule has 1 atom stereocenters. The van der Waals surface area contributed by atoms with E-state index in [0.29, 0.717) is 5.54 Å². The summed E-state index contributed by atoms with van der Waals surface area (Å²) in [6.45, 7) is 13.4. The van der Waals surface area contributed by atoms with Crippen molar-refractivity contribution in [3.63, 3.8) is 0 Å². The van der Waals surface area contributed by atoms with Gasteiger partial charge in [0.05, 0.1) is 0 Å².